The van der Waals surface area contributed by atoms with E-state index in [9.17, 15) is 4.79 Å². The molecule has 1 amide bonds. The largest absolute Gasteiger partial charge is 0.350 e. The van der Waals surface area contributed by atoms with Crippen LogP contribution >= 0.6 is 23.2 Å². The van der Waals surface area contributed by atoms with Crippen LogP contribution in [-0.4, -0.2) is 5.91 Å². The standard InChI is InChI=1S/C20H23Cl2NO/c1-12-10-14(3)17(11-13(12)2)15(4)23-20(24)9-8-16-18(21)6-5-7-19(16)22/h5-7,10-11,15H,8-9H2,1-4H3,(H,23,24)/t15-/m1/s1. The first-order chi connectivity index (χ1) is 11.3. The molecular weight excluding hydrogens is 341 g/mol. The highest BCUT2D eigenvalue weighted by molar-refractivity contribution is 6.36. The Morgan fingerprint density at radius 1 is 1.04 bits per heavy atom. The van der Waals surface area contributed by atoms with Crippen molar-refractivity contribution in [1.29, 1.82) is 0 Å². The fraction of sp³-hybridized carbons (Fsp3) is 0.350. The molecule has 2 nitrogen and oxygen atoms in total. The van der Waals surface area contributed by atoms with Crippen molar-refractivity contribution in [3.8, 4) is 0 Å². The van der Waals surface area contributed by atoms with Gasteiger partial charge in [0.2, 0.25) is 5.91 Å². The van der Waals surface area contributed by atoms with Gasteiger partial charge in [-0.2, -0.15) is 0 Å². The minimum Gasteiger partial charge on any atom is -0.350 e. The molecule has 0 aliphatic carbocycles. The van der Waals surface area contributed by atoms with Crippen LogP contribution in [0.5, 0.6) is 0 Å². The zero-order chi connectivity index (χ0) is 17.9. The number of hydrogen-bond donors (Lipinski definition) is 1. The number of carbonyl (C=O) groups is 1. The molecule has 0 bridgehead atoms. The summed E-state index contributed by atoms with van der Waals surface area (Å²) in [7, 11) is 0. The summed E-state index contributed by atoms with van der Waals surface area (Å²) < 4.78 is 0. The van der Waals surface area contributed by atoms with Crippen molar-refractivity contribution >= 4 is 29.1 Å². The van der Waals surface area contributed by atoms with Crippen molar-refractivity contribution in [3.05, 3.63) is 68.2 Å². The summed E-state index contributed by atoms with van der Waals surface area (Å²) in [5.41, 5.74) is 5.68. The van der Waals surface area contributed by atoms with Crippen molar-refractivity contribution in [2.45, 2.75) is 46.6 Å². The minimum absolute atomic E-state index is 0.00360. The molecular formula is C20H23Cl2NO. The summed E-state index contributed by atoms with van der Waals surface area (Å²) >= 11 is 12.3. The number of carbonyl (C=O) groups excluding carboxylic acids is 1. The molecule has 2 rings (SSSR count). The summed E-state index contributed by atoms with van der Waals surface area (Å²) in [5.74, 6) is -0.00360. The quantitative estimate of drug-likeness (QED) is 0.721. The number of hydrogen-bond acceptors (Lipinski definition) is 1. The van der Waals surface area contributed by atoms with E-state index in [1.54, 1.807) is 18.2 Å². The Labute approximate surface area is 154 Å². The van der Waals surface area contributed by atoms with Gasteiger partial charge in [0.1, 0.15) is 0 Å². The summed E-state index contributed by atoms with van der Waals surface area (Å²) in [6, 6.07) is 9.68. The molecule has 4 heteroatoms. The molecule has 2 aromatic rings. The summed E-state index contributed by atoms with van der Waals surface area (Å²) in [4.78, 5) is 12.3. The number of amides is 1. The molecule has 1 N–H and O–H groups in total. The van der Waals surface area contributed by atoms with Crippen LogP contribution in [0.4, 0.5) is 0 Å². The van der Waals surface area contributed by atoms with E-state index >= 15 is 0 Å². The highest BCUT2D eigenvalue weighted by Gasteiger charge is 2.14. The molecule has 0 saturated heterocycles. The first-order valence-electron chi connectivity index (χ1n) is 8.09. The van der Waals surface area contributed by atoms with E-state index in [-0.39, 0.29) is 11.9 Å². The fourth-order valence-electron chi connectivity index (χ4n) is 2.85. The Morgan fingerprint density at radius 3 is 2.25 bits per heavy atom. The molecule has 2 aromatic carbocycles. The van der Waals surface area contributed by atoms with Gasteiger partial charge in [-0.1, -0.05) is 41.4 Å². The highest BCUT2D eigenvalue weighted by atomic mass is 35.5. The lowest BCUT2D eigenvalue weighted by atomic mass is 9.96. The Balaban J connectivity index is 2.01. The molecule has 0 heterocycles. The molecule has 0 aliphatic heterocycles. The third kappa shape index (κ3) is 4.52. The lowest BCUT2D eigenvalue weighted by Crippen LogP contribution is -2.27. The second-order valence-electron chi connectivity index (χ2n) is 6.28. The van der Waals surface area contributed by atoms with Crippen LogP contribution in [0.2, 0.25) is 10.0 Å². The molecule has 128 valence electrons. The molecule has 0 fully saturated rings. The topological polar surface area (TPSA) is 29.1 Å². The zero-order valence-electron chi connectivity index (χ0n) is 14.5. The molecule has 0 aromatic heterocycles. The van der Waals surface area contributed by atoms with Crippen LogP contribution in [0, 0.1) is 20.8 Å². The van der Waals surface area contributed by atoms with Crippen LogP contribution in [-0.2, 0) is 11.2 Å². The first kappa shape index (κ1) is 18.8. The molecule has 0 saturated carbocycles. The van der Waals surface area contributed by atoms with E-state index < -0.39 is 0 Å². The molecule has 0 unspecified atom stereocenters. The number of nitrogens with one attached hydrogen (secondary N) is 1. The maximum absolute atomic E-state index is 12.3. The average Bonchev–Trinajstić information content (AvgIpc) is 2.50. The number of benzene rings is 2. The van der Waals surface area contributed by atoms with E-state index in [2.05, 4.69) is 38.2 Å². The van der Waals surface area contributed by atoms with Gasteiger partial charge < -0.3 is 5.32 Å². The van der Waals surface area contributed by atoms with E-state index in [4.69, 9.17) is 23.2 Å². The summed E-state index contributed by atoms with van der Waals surface area (Å²) in [5, 5.41) is 4.28. The van der Waals surface area contributed by atoms with E-state index in [0.29, 0.717) is 22.9 Å². The number of halogens is 2. The van der Waals surface area contributed by atoms with Crippen molar-refractivity contribution < 1.29 is 4.79 Å². The van der Waals surface area contributed by atoms with Gasteiger partial charge in [0.15, 0.2) is 0 Å². The van der Waals surface area contributed by atoms with Crippen LogP contribution < -0.4 is 5.32 Å². The lowest BCUT2D eigenvalue weighted by molar-refractivity contribution is -0.121. The van der Waals surface area contributed by atoms with Gasteiger partial charge in [0, 0.05) is 16.5 Å². The lowest BCUT2D eigenvalue weighted by Gasteiger charge is -2.18. The van der Waals surface area contributed by atoms with Gasteiger partial charge in [0.25, 0.3) is 0 Å². The molecule has 0 spiro atoms. The Hall–Kier alpha value is -1.51. The monoisotopic (exact) mass is 363 g/mol. The van der Waals surface area contributed by atoms with Crippen LogP contribution in [0.3, 0.4) is 0 Å². The fourth-order valence-corrected chi connectivity index (χ4v) is 3.44. The van der Waals surface area contributed by atoms with Crippen LogP contribution in [0.1, 0.15) is 47.2 Å². The van der Waals surface area contributed by atoms with E-state index in [1.165, 1.54) is 16.7 Å². The zero-order valence-corrected chi connectivity index (χ0v) is 16.1. The first-order valence-corrected chi connectivity index (χ1v) is 8.85. The average molecular weight is 364 g/mol. The normalized spacial score (nSPS) is 12.1. The van der Waals surface area contributed by atoms with Gasteiger partial charge in [-0.05, 0) is 74.1 Å². The predicted molar refractivity (Wildman–Crippen MR) is 102 cm³/mol. The molecule has 24 heavy (non-hydrogen) atoms. The SMILES string of the molecule is Cc1cc(C)c([C@@H](C)NC(=O)CCc2c(Cl)cccc2Cl)cc1C. The Kier molecular flexibility index (Phi) is 6.31. The smallest absolute Gasteiger partial charge is 0.220 e. The second kappa shape index (κ2) is 8.04. The second-order valence-corrected chi connectivity index (χ2v) is 7.10. The van der Waals surface area contributed by atoms with E-state index in [0.717, 1.165) is 11.1 Å². The van der Waals surface area contributed by atoms with Gasteiger partial charge >= 0.3 is 0 Å². The summed E-state index contributed by atoms with van der Waals surface area (Å²) in [6.45, 7) is 8.28. The van der Waals surface area contributed by atoms with Crippen LogP contribution in [0.15, 0.2) is 30.3 Å². The van der Waals surface area contributed by atoms with Gasteiger partial charge in [0.05, 0.1) is 6.04 Å². The third-order valence-corrected chi connectivity index (χ3v) is 5.10. The van der Waals surface area contributed by atoms with Crippen LogP contribution in [0.25, 0.3) is 0 Å². The number of rotatable bonds is 5. The van der Waals surface area contributed by atoms with E-state index in [1.807, 2.05) is 6.92 Å². The Bertz CT molecular complexity index is 735. The van der Waals surface area contributed by atoms with Gasteiger partial charge in [-0.25, -0.2) is 0 Å². The van der Waals surface area contributed by atoms with Gasteiger partial charge in [-0.15, -0.1) is 0 Å². The molecule has 1 atom stereocenters. The maximum atomic E-state index is 12.3. The molecule has 0 aliphatic rings. The van der Waals surface area contributed by atoms with Gasteiger partial charge in [-0.3, -0.25) is 4.79 Å². The predicted octanol–water partition coefficient (Wildman–Crippen LogP) is 5.73. The molecule has 0 radical (unpaired) electrons. The van der Waals surface area contributed by atoms with Crippen molar-refractivity contribution in [2.24, 2.45) is 0 Å². The summed E-state index contributed by atoms with van der Waals surface area (Å²) in [6.07, 6.45) is 0.890. The highest BCUT2D eigenvalue weighted by Crippen LogP contribution is 2.26. The van der Waals surface area contributed by atoms with Crippen molar-refractivity contribution in [3.63, 3.8) is 0 Å². The van der Waals surface area contributed by atoms with Crippen molar-refractivity contribution in [1.82, 2.24) is 5.32 Å². The maximum Gasteiger partial charge on any atom is 0.220 e. The minimum atomic E-state index is -0.0292. The number of aryl methyl sites for hydroxylation is 3. The third-order valence-electron chi connectivity index (χ3n) is 4.39. The Morgan fingerprint density at radius 2 is 1.62 bits per heavy atom. The van der Waals surface area contributed by atoms with Crippen molar-refractivity contribution in [2.75, 3.05) is 0 Å².